The zero-order valence-electron chi connectivity index (χ0n) is 16.2. The van der Waals surface area contributed by atoms with Gasteiger partial charge in [0.25, 0.3) is 0 Å². The second-order valence-corrected chi connectivity index (χ2v) is 7.78. The van der Waals surface area contributed by atoms with Crippen LogP contribution in [0.4, 0.5) is 0 Å². The average molecular weight is 431 g/mol. The highest BCUT2D eigenvalue weighted by Crippen LogP contribution is 2.29. The lowest BCUT2D eigenvalue weighted by molar-refractivity contribution is -0.121. The molecule has 152 valence electrons. The Morgan fingerprint density at radius 2 is 1.90 bits per heavy atom. The van der Waals surface area contributed by atoms with Crippen molar-refractivity contribution in [3.63, 3.8) is 0 Å². The van der Waals surface area contributed by atoms with Gasteiger partial charge in [-0.25, -0.2) is 0 Å². The molecule has 0 aliphatic heterocycles. The van der Waals surface area contributed by atoms with E-state index in [1.807, 2.05) is 59.2 Å². The topological polar surface area (TPSA) is 69.0 Å². The molecule has 0 aliphatic rings. The summed E-state index contributed by atoms with van der Waals surface area (Å²) in [5, 5.41) is 13.1. The lowest BCUT2D eigenvalue weighted by Gasteiger charge is -2.10. The number of nitrogens with one attached hydrogen (secondary N) is 1. The molecule has 3 rings (SSSR count). The number of aromatic nitrogens is 3. The number of thioether (sulfide) groups is 1. The largest absolute Gasteiger partial charge is 0.383 e. The normalized spacial score (nSPS) is 10.8. The Morgan fingerprint density at radius 3 is 2.62 bits per heavy atom. The van der Waals surface area contributed by atoms with Gasteiger partial charge < -0.3 is 10.1 Å². The fourth-order valence-corrected chi connectivity index (χ4v) is 3.75. The molecule has 6 nitrogen and oxygen atoms in total. The summed E-state index contributed by atoms with van der Waals surface area (Å²) in [6.45, 7) is 1.06. The monoisotopic (exact) mass is 430 g/mol. The van der Waals surface area contributed by atoms with Crippen LogP contribution < -0.4 is 5.32 Å². The molecule has 0 fully saturated rings. The fraction of sp³-hybridized carbons (Fsp3) is 0.286. The zero-order valence-corrected chi connectivity index (χ0v) is 17.7. The molecular weight excluding hydrogens is 408 g/mol. The van der Waals surface area contributed by atoms with Crippen molar-refractivity contribution in [3.05, 3.63) is 59.6 Å². The van der Waals surface area contributed by atoms with Crippen molar-refractivity contribution >= 4 is 29.3 Å². The van der Waals surface area contributed by atoms with Gasteiger partial charge in [0, 0.05) is 42.1 Å². The minimum Gasteiger partial charge on any atom is -0.383 e. The van der Waals surface area contributed by atoms with E-state index in [4.69, 9.17) is 16.3 Å². The first-order chi connectivity index (χ1) is 14.2. The predicted molar refractivity (Wildman–Crippen MR) is 117 cm³/mol. The number of methoxy groups -OCH3 is 1. The lowest BCUT2D eigenvalue weighted by Crippen LogP contribution is -2.26. The second kappa shape index (κ2) is 11.0. The molecule has 0 saturated heterocycles. The van der Waals surface area contributed by atoms with E-state index in [0.29, 0.717) is 24.6 Å². The predicted octanol–water partition coefficient (Wildman–Crippen LogP) is 4.22. The molecule has 3 aromatic rings. The molecule has 2 aromatic carbocycles. The number of carbonyl (C=O) groups excluding carboxylic acids is 1. The van der Waals surface area contributed by atoms with Crippen molar-refractivity contribution in [1.82, 2.24) is 20.1 Å². The molecule has 0 atom stereocenters. The van der Waals surface area contributed by atoms with Crippen molar-refractivity contribution < 1.29 is 9.53 Å². The summed E-state index contributed by atoms with van der Waals surface area (Å²) >= 11 is 7.61. The minimum atomic E-state index is 0.0361. The Labute approximate surface area is 179 Å². The zero-order chi connectivity index (χ0) is 20.5. The third kappa shape index (κ3) is 6.06. The van der Waals surface area contributed by atoms with Crippen molar-refractivity contribution in [1.29, 1.82) is 0 Å². The SMILES string of the molecule is COCCNC(=O)CCCSc1nnc(-c2ccc(Cl)cc2)n1-c1ccccc1. The smallest absolute Gasteiger partial charge is 0.220 e. The van der Waals surface area contributed by atoms with Gasteiger partial charge in [-0.3, -0.25) is 9.36 Å². The summed E-state index contributed by atoms with van der Waals surface area (Å²) in [4.78, 5) is 11.8. The van der Waals surface area contributed by atoms with E-state index in [9.17, 15) is 4.79 Å². The number of hydrogen-bond donors (Lipinski definition) is 1. The van der Waals surface area contributed by atoms with E-state index in [1.165, 1.54) is 0 Å². The maximum atomic E-state index is 11.8. The number of para-hydroxylation sites is 1. The average Bonchev–Trinajstić information content (AvgIpc) is 3.16. The highest BCUT2D eigenvalue weighted by atomic mass is 35.5. The lowest BCUT2D eigenvalue weighted by atomic mass is 10.2. The molecule has 0 aliphatic carbocycles. The summed E-state index contributed by atoms with van der Waals surface area (Å²) in [5.41, 5.74) is 1.93. The molecule has 0 radical (unpaired) electrons. The third-order valence-corrected chi connectivity index (χ3v) is 5.43. The van der Waals surface area contributed by atoms with E-state index in [0.717, 1.165) is 34.4 Å². The van der Waals surface area contributed by atoms with Crippen LogP contribution in [0.1, 0.15) is 12.8 Å². The van der Waals surface area contributed by atoms with Crippen molar-refractivity contribution in [2.45, 2.75) is 18.0 Å². The van der Waals surface area contributed by atoms with Crippen molar-refractivity contribution in [2.24, 2.45) is 0 Å². The van der Waals surface area contributed by atoms with Crippen LogP contribution in [-0.2, 0) is 9.53 Å². The van der Waals surface area contributed by atoms with Gasteiger partial charge in [-0.1, -0.05) is 41.6 Å². The maximum Gasteiger partial charge on any atom is 0.220 e. The first-order valence-electron chi connectivity index (χ1n) is 9.34. The van der Waals surface area contributed by atoms with Gasteiger partial charge in [-0.2, -0.15) is 0 Å². The first kappa shape index (κ1) is 21.4. The summed E-state index contributed by atoms with van der Waals surface area (Å²) in [6.07, 6.45) is 1.22. The van der Waals surface area contributed by atoms with E-state index in [1.54, 1.807) is 18.9 Å². The number of rotatable bonds is 10. The number of ether oxygens (including phenoxy) is 1. The van der Waals surface area contributed by atoms with Gasteiger partial charge in [0.15, 0.2) is 11.0 Å². The molecule has 1 aromatic heterocycles. The Hall–Kier alpha value is -2.35. The van der Waals surface area contributed by atoms with Crippen molar-refractivity contribution in [2.75, 3.05) is 26.0 Å². The quantitative estimate of drug-likeness (QED) is 0.385. The van der Waals surface area contributed by atoms with Gasteiger partial charge >= 0.3 is 0 Å². The molecule has 1 amide bonds. The number of amides is 1. The Bertz CT molecular complexity index is 916. The fourth-order valence-electron chi connectivity index (χ4n) is 2.74. The van der Waals surface area contributed by atoms with Crippen LogP contribution in [0.25, 0.3) is 17.1 Å². The summed E-state index contributed by atoms with van der Waals surface area (Å²) in [6, 6.07) is 17.6. The number of benzene rings is 2. The first-order valence-corrected chi connectivity index (χ1v) is 10.7. The van der Waals surface area contributed by atoms with Gasteiger partial charge in [-0.05, 0) is 42.8 Å². The van der Waals surface area contributed by atoms with Crippen molar-refractivity contribution in [3.8, 4) is 17.1 Å². The van der Waals surface area contributed by atoms with E-state index in [-0.39, 0.29) is 5.91 Å². The molecular formula is C21H23ClN4O2S. The van der Waals surface area contributed by atoms with Gasteiger partial charge in [0.2, 0.25) is 5.91 Å². The molecule has 0 bridgehead atoms. The molecule has 0 spiro atoms. The molecule has 29 heavy (non-hydrogen) atoms. The molecule has 0 unspecified atom stereocenters. The van der Waals surface area contributed by atoms with Crippen LogP contribution in [0.3, 0.4) is 0 Å². The Morgan fingerprint density at radius 1 is 1.14 bits per heavy atom. The second-order valence-electron chi connectivity index (χ2n) is 6.28. The highest BCUT2D eigenvalue weighted by molar-refractivity contribution is 7.99. The number of nitrogens with zero attached hydrogens (tertiary/aromatic N) is 3. The minimum absolute atomic E-state index is 0.0361. The highest BCUT2D eigenvalue weighted by Gasteiger charge is 2.16. The number of halogens is 1. The molecule has 1 heterocycles. The number of hydrogen-bond acceptors (Lipinski definition) is 5. The van der Waals surface area contributed by atoms with E-state index >= 15 is 0 Å². The number of carbonyl (C=O) groups is 1. The van der Waals surface area contributed by atoms with Crippen LogP contribution in [0.15, 0.2) is 59.8 Å². The molecule has 8 heteroatoms. The van der Waals surface area contributed by atoms with E-state index in [2.05, 4.69) is 15.5 Å². The van der Waals surface area contributed by atoms with Crippen LogP contribution in [0, 0.1) is 0 Å². The Balaban J connectivity index is 1.70. The summed E-state index contributed by atoms with van der Waals surface area (Å²) in [7, 11) is 1.62. The summed E-state index contributed by atoms with van der Waals surface area (Å²) < 4.78 is 6.97. The van der Waals surface area contributed by atoms with Crippen LogP contribution >= 0.6 is 23.4 Å². The van der Waals surface area contributed by atoms with Crippen LogP contribution in [-0.4, -0.2) is 46.7 Å². The Kier molecular flexibility index (Phi) is 8.10. The standard InChI is InChI=1S/C21H23ClN4O2S/c1-28-14-13-23-19(27)8-5-15-29-21-25-24-20(16-9-11-17(22)12-10-16)26(21)18-6-3-2-4-7-18/h2-4,6-7,9-12H,5,8,13-15H2,1H3,(H,23,27). The maximum absolute atomic E-state index is 11.8. The summed E-state index contributed by atoms with van der Waals surface area (Å²) in [5.74, 6) is 1.56. The van der Waals surface area contributed by atoms with Gasteiger partial charge in [-0.15, -0.1) is 10.2 Å². The van der Waals surface area contributed by atoms with Crippen LogP contribution in [0.5, 0.6) is 0 Å². The van der Waals surface area contributed by atoms with Gasteiger partial charge in [0.1, 0.15) is 0 Å². The molecule has 0 saturated carbocycles. The van der Waals surface area contributed by atoms with Gasteiger partial charge in [0.05, 0.1) is 6.61 Å². The molecule has 1 N–H and O–H groups in total. The van der Waals surface area contributed by atoms with Crippen LogP contribution in [0.2, 0.25) is 5.02 Å². The van der Waals surface area contributed by atoms with E-state index < -0.39 is 0 Å². The third-order valence-electron chi connectivity index (χ3n) is 4.16.